The van der Waals surface area contributed by atoms with Gasteiger partial charge in [0.05, 0.1) is 16.2 Å². The van der Waals surface area contributed by atoms with E-state index in [4.69, 9.17) is 9.15 Å². The standard InChI is InChI=1S/C31H41N3O6S/c1-30(2,3)34-41(37,38)26-14-13-24(22-11-7-8-12-23(22)26)27-25(19-21-9-5-4-6-10-21)33-29(40-27)28(35)32-20-31(36)15-17-39-18-16-31/h7-8,11-14,21,34,36H,4-6,9-10,15-20H2,1-3H3,(H,32,35). The lowest BCUT2D eigenvalue weighted by Gasteiger charge is -2.31. The minimum Gasteiger partial charge on any atom is -0.432 e. The molecule has 1 amide bonds. The first-order valence-electron chi connectivity index (χ1n) is 14.6. The molecule has 10 heteroatoms. The maximum atomic E-state index is 13.3. The van der Waals surface area contributed by atoms with E-state index in [1.165, 1.54) is 19.3 Å². The molecular weight excluding hydrogens is 542 g/mol. The van der Waals surface area contributed by atoms with Gasteiger partial charge in [0.25, 0.3) is 5.89 Å². The zero-order valence-electron chi connectivity index (χ0n) is 24.2. The highest BCUT2D eigenvalue weighted by molar-refractivity contribution is 7.89. The lowest BCUT2D eigenvalue weighted by atomic mass is 9.85. The van der Waals surface area contributed by atoms with E-state index in [9.17, 15) is 18.3 Å². The van der Waals surface area contributed by atoms with Crippen LogP contribution in [-0.4, -0.2) is 55.3 Å². The van der Waals surface area contributed by atoms with E-state index in [1.807, 2.05) is 18.2 Å². The van der Waals surface area contributed by atoms with Crippen LogP contribution in [0.15, 0.2) is 45.7 Å². The average molecular weight is 584 g/mol. The second-order valence-electron chi connectivity index (χ2n) is 12.5. The number of nitrogens with zero attached hydrogens (tertiary/aromatic N) is 1. The van der Waals surface area contributed by atoms with E-state index in [1.54, 1.807) is 39.0 Å². The molecule has 3 N–H and O–H groups in total. The van der Waals surface area contributed by atoms with Gasteiger partial charge in [-0.15, -0.1) is 0 Å². The third kappa shape index (κ3) is 6.99. The molecule has 1 saturated heterocycles. The molecule has 2 aliphatic rings. The molecule has 5 rings (SSSR count). The summed E-state index contributed by atoms with van der Waals surface area (Å²) in [6.45, 7) is 6.40. The zero-order valence-corrected chi connectivity index (χ0v) is 25.0. The molecule has 0 radical (unpaired) electrons. The SMILES string of the molecule is CC(C)(C)NS(=O)(=O)c1ccc(-c2oc(C(=O)NCC3(O)CCOCC3)nc2CC2CCCCC2)c2ccccc12. The van der Waals surface area contributed by atoms with E-state index in [2.05, 4.69) is 15.0 Å². The van der Waals surface area contributed by atoms with E-state index in [0.29, 0.717) is 66.2 Å². The highest BCUT2D eigenvalue weighted by atomic mass is 32.2. The Morgan fingerprint density at radius 1 is 1.05 bits per heavy atom. The molecule has 2 fully saturated rings. The van der Waals surface area contributed by atoms with Gasteiger partial charge in [-0.25, -0.2) is 18.1 Å². The van der Waals surface area contributed by atoms with E-state index >= 15 is 0 Å². The van der Waals surface area contributed by atoms with Gasteiger partial charge in [-0.1, -0.05) is 56.4 Å². The summed E-state index contributed by atoms with van der Waals surface area (Å²) in [6, 6.07) is 10.7. The third-order valence-electron chi connectivity index (χ3n) is 7.96. The number of carbonyl (C=O) groups is 1. The van der Waals surface area contributed by atoms with Crippen LogP contribution in [0.4, 0.5) is 0 Å². The summed E-state index contributed by atoms with van der Waals surface area (Å²) in [7, 11) is -3.80. The Morgan fingerprint density at radius 3 is 2.41 bits per heavy atom. The Morgan fingerprint density at radius 2 is 1.73 bits per heavy atom. The summed E-state index contributed by atoms with van der Waals surface area (Å²) >= 11 is 0. The van der Waals surface area contributed by atoms with Gasteiger partial charge in [0.1, 0.15) is 0 Å². The van der Waals surface area contributed by atoms with Crippen LogP contribution in [0.3, 0.4) is 0 Å². The van der Waals surface area contributed by atoms with Crippen molar-refractivity contribution < 1.29 is 27.5 Å². The van der Waals surface area contributed by atoms with Gasteiger partial charge in [-0.05, 0) is 50.6 Å². The summed E-state index contributed by atoms with van der Waals surface area (Å²) in [4.78, 5) is 18.1. The molecule has 2 heterocycles. The minimum absolute atomic E-state index is 0.0587. The Kier molecular flexibility index (Phi) is 8.57. The first-order chi connectivity index (χ1) is 19.4. The molecule has 2 aromatic carbocycles. The molecule has 3 aromatic rings. The van der Waals surface area contributed by atoms with Crippen LogP contribution in [0.1, 0.15) is 82.1 Å². The Balaban J connectivity index is 1.53. The van der Waals surface area contributed by atoms with Gasteiger partial charge in [-0.3, -0.25) is 4.79 Å². The number of benzene rings is 2. The molecular formula is C31H41N3O6S. The highest BCUT2D eigenvalue weighted by Gasteiger charge is 2.32. The predicted octanol–water partition coefficient (Wildman–Crippen LogP) is 4.97. The summed E-state index contributed by atoms with van der Waals surface area (Å²) < 4.78 is 40.9. The molecule has 0 bridgehead atoms. The molecule has 0 unspecified atom stereocenters. The van der Waals surface area contributed by atoms with Gasteiger partial charge in [0.15, 0.2) is 5.76 Å². The number of nitrogens with one attached hydrogen (secondary N) is 2. The fourth-order valence-corrected chi connectivity index (χ4v) is 7.50. The highest BCUT2D eigenvalue weighted by Crippen LogP contribution is 2.37. The number of aromatic nitrogens is 1. The number of oxazole rings is 1. The number of hydrogen-bond donors (Lipinski definition) is 3. The summed E-state index contributed by atoms with van der Waals surface area (Å²) in [5.74, 6) is 0.374. The van der Waals surface area contributed by atoms with Crippen LogP contribution in [-0.2, 0) is 21.2 Å². The van der Waals surface area contributed by atoms with Crippen molar-refractivity contribution in [1.82, 2.24) is 15.0 Å². The lowest BCUT2D eigenvalue weighted by molar-refractivity contribution is -0.0606. The lowest BCUT2D eigenvalue weighted by Crippen LogP contribution is -2.46. The molecule has 1 aromatic heterocycles. The third-order valence-corrected chi connectivity index (χ3v) is 9.77. The monoisotopic (exact) mass is 583 g/mol. The summed E-state index contributed by atoms with van der Waals surface area (Å²) in [6.07, 6.45) is 7.33. The first kappa shape index (κ1) is 29.7. The smallest absolute Gasteiger partial charge is 0.307 e. The van der Waals surface area contributed by atoms with Crippen LogP contribution in [0, 0.1) is 5.92 Å². The van der Waals surface area contributed by atoms with Crippen molar-refractivity contribution in [3.8, 4) is 11.3 Å². The molecule has 222 valence electrons. The summed E-state index contributed by atoms with van der Waals surface area (Å²) in [5, 5.41) is 14.9. The van der Waals surface area contributed by atoms with Gasteiger partial charge in [0.2, 0.25) is 10.0 Å². The molecule has 1 saturated carbocycles. The molecule has 0 atom stereocenters. The number of amides is 1. The van der Waals surface area contributed by atoms with E-state index < -0.39 is 27.1 Å². The minimum atomic E-state index is -3.80. The molecule has 41 heavy (non-hydrogen) atoms. The number of hydrogen-bond acceptors (Lipinski definition) is 7. The molecule has 1 aliphatic heterocycles. The van der Waals surface area contributed by atoms with E-state index in [-0.39, 0.29) is 17.3 Å². The van der Waals surface area contributed by atoms with Gasteiger partial charge >= 0.3 is 5.91 Å². The predicted molar refractivity (Wildman–Crippen MR) is 157 cm³/mol. The van der Waals surface area contributed by atoms with Crippen molar-refractivity contribution in [2.24, 2.45) is 5.92 Å². The van der Waals surface area contributed by atoms with Crippen molar-refractivity contribution in [2.45, 2.75) is 88.2 Å². The number of aliphatic hydroxyl groups is 1. The number of sulfonamides is 1. The first-order valence-corrected chi connectivity index (χ1v) is 16.1. The van der Waals surface area contributed by atoms with Crippen LogP contribution in [0.25, 0.3) is 22.1 Å². The van der Waals surface area contributed by atoms with Crippen LogP contribution >= 0.6 is 0 Å². The fraction of sp³-hybridized carbons (Fsp3) is 0.548. The molecule has 9 nitrogen and oxygen atoms in total. The van der Waals surface area contributed by atoms with Crippen LogP contribution in [0.5, 0.6) is 0 Å². The quantitative estimate of drug-likeness (QED) is 0.341. The van der Waals surface area contributed by atoms with Crippen molar-refractivity contribution in [1.29, 1.82) is 0 Å². The Labute approximate surface area is 242 Å². The van der Waals surface area contributed by atoms with Crippen molar-refractivity contribution in [2.75, 3.05) is 19.8 Å². The topological polar surface area (TPSA) is 131 Å². The van der Waals surface area contributed by atoms with Gasteiger partial charge in [0, 0.05) is 49.1 Å². The number of rotatable bonds is 8. The molecule has 0 spiro atoms. The van der Waals surface area contributed by atoms with Gasteiger partial charge < -0.3 is 19.6 Å². The van der Waals surface area contributed by atoms with Crippen LogP contribution < -0.4 is 10.0 Å². The second-order valence-corrected chi connectivity index (χ2v) is 14.2. The second kappa shape index (κ2) is 11.8. The Hall–Kier alpha value is -2.79. The Bertz CT molecular complexity index is 1500. The number of ether oxygens (including phenoxy) is 1. The van der Waals surface area contributed by atoms with Crippen molar-refractivity contribution in [3.05, 3.63) is 48.0 Å². The number of fused-ring (bicyclic) bond motifs is 1. The maximum Gasteiger partial charge on any atom is 0.307 e. The van der Waals surface area contributed by atoms with Crippen LogP contribution in [0.2, 0.25) is 0 Å². The maximum absolute atomic E-state index is 13.3. The summed E-state index contributed by atoms with van der Waals surface area (Å²) in [5.41, 5.74) is -0.278. The van der Waals surface area contributed by atoms with Gasteiger partial charge in [-0.2, -0.15) is 0 Å². The fourth-order valence-electron chi connectivity index (χ4n) is 5.87. The van der Waals surface area contributed by atoms with Crippen molar-refractivity contribution in [3.63, 3.8) is 0 Å². The average Bonchev–Trinajstić information content (AvgIpc) is 3.34. The van der Waals surface area contributed by atoms with E-state index in [0.717, 1.165) is 12.8 Å². The van der Waals surface area contributed by atoms with Crippen molar-refractivity contribution >= 4 is 26.7 Å². The largest absolute Gasteiger partial charge is 0.432 e. The zero-order chi connectivity index (χ0) is 29.3. The normalized spacial score (nSPS) is 18.4. The number of carbonyl (C=O) groups excluding carboxylic acids is 1. The molecule has 1 aliphatic carbocycles.